The summed E-state index contributed by atoms with van der Waals surface area (Å²) in [7, 11) is 0. The Morgan fingerprint density at radius 2 is 2.06 bits per heavy atom. The van der Waals surface area contributed by atoms with Gasteiger partial charge in [-0.1, -0.05) is 49.2 Å². The molecular formula is C12H17Cl2NS. The first-order valence-electron chi connectivity index (χ1n) is 5.37. The van der Waals surface area contributed by atoms with Gasteiger partial charge < -0.3 is 5.73 Å². The number of thioether (sulfide) groups is 1. The number of halogens is 2. The molecule has 0 saturated carbocycles. The third kappa shape index (κ3) is 3.85. The molecule has 0 fully saturated rings. The number of nitrogens with two attached hydrogens (primary N) is 1. The van der Waals surface area contributed by atoms with Gasteiger partial charge in [0.2, 0.25) is 0 Å². The fourth-order valence-corrected chi connectivity index (χ4v) is 2.68. The van der Waals surface area contributed by atoms with E-state index in [4.69, 9.17) is 28.9 Å². The van der Waals surface area contributed by atoms with Crippen molar-refractivity contribution in [1.82, 2.24) is 0 Å². The van der Waals surface area contributed by atoms with Crippen LogP contribution in [0.15, 0.2) is 18.2 Å². The lowest BCUT2D eigenvalue weighted by Gasteiger charge is -2.16. The molecule has 0 heterocycles. The Kier molecular flexibility index (Phi) is 5.98. The highest BCUT2D eigenvalue weighted by Crippen LogP contribution is 2.31. The molecule has 0 aliphatic rings. The van der Waals surface area contributed by atoms with Gasteiger partial charge in [-0.2, -0.15) is 11.8 Å². The molecule has 2 atom stereocenters. The molecule has 0 radical (unpaired) electrons. The zero-order valence-corrected chi connectivity index (χ0v) is 11.9. The summed E-state index contributed by atoms with van der Waals surface area (Å²) < 4.78 is 0. The van der Waals surface area contributed by atoms with Gasteiger partial charge in [-0.3, -0.25) is 0 Å². The van der Waals surface area contributed by atoms with Crippen molar-refractivity contribution in [1.29, 1.82) is 0 Å². The highest BCUT2D eigenvalue weighted by Gasteiger charge is 2.13. The molecule has 0 amide bonds. The molecule has 0 aromatic heterocycles. The van der Waals surface area contributed by atoms with Crippen LogP contribution in [0.5, 0.6) is 0 Å². The second-order valence-corrected chi connectivity index (χ2v) is 6.06. The lowest BCUT2D eigenvalue weighted by Crippen LogP contribution is -2.15. The van der Waals surface area contributed by atoms with Crippen LogP contribution < -0.4 is 5.73 Å². The van der Waals surface area contributed by atoms with Gasteiger partial charge in [0.1, 0.15) is 0 Å². The van der Waals surface area contributed by atoms with Gasteiger partial charge in [0.25, 0.3) is 0 Å². The molecule has 0 aliphatic heterocycles. The average Bonchev–Trinajstić information content (AvgIpc) is 2.29. The van der Waals surface area contributed by atoms with Gasteiger partial charge in [0, 0.05) is 17.0 Å². The van der Waals surface area contributed by atoms with Crippen molar-refractivity contribution in [3.05, 3.63) is 33.8 Å². The minimum Gasteiger partial charge on any atom is -0.323 e. The highest BCUT2D eigenvalue weighted by molar-refractivity contribution is 7.99. The second kappa shape index (κ2) is 6.75. The summed E-state index contributed by atoms with van der Waals surface area (Å²) in [4.78, 5) is 0. The Bertz CT molecular complexity index is 344. The first-order chi connectivity index (χ1) is 7.56. The molecular weight excluding hydrogens is 261 g/mol. The van der Waals surface area contributed by atoms with Crippen LogP contribution in [0.1, 0.15) is 31.9 Å². The third-order valence-electron chi connectivity index (χ3n) is 2.52. The van der Waals surface area contributed by atoms with E-state index in [-0.39, 0.29) is 6.04 Å². The van der Waals surface area contributed by atoms with Crippen LogP contribution in [-0.2, 0) is 0 Å². The second-order valence-electron chi connectivity index (χ2n) is 3.80. The predicted octanol–water partition coefficient (Wildman–Crippen LogP) is 4.52. The highest BCUT2D eigenvalue weighted by atomic mass is 35.5. The minimum absolute atomic E-state index is 0.0507. The maximum Gasteiger partial charge on any atom is 0.0640 e. The summed E-state index contributed by atoms with van der Waals surface area (Å²) in [5.41, 5.74) is 7.04. The molecule has 0 spiro atoms. The van der Waals surface area contributed by atoms with Crippen molar-refractivity contribution in [2.45, 2.75) is 31.6 Å². The fourth-order valence-electron chi connectivity index (χ4n) is 1.28. The van der Waals surface area contributed by atoms with E-state index in [0.29, 0.717) is 15.3 Å². The van der Waals surface area contributed by atoms with Gasteiger partial charge in [-0.15, -0.1) is 0 Å². The minimum atomic E-state index is -0.0507. The number of rotatable bonds is 5. The van der Waals surface area contributed by atoms with Crippen LogP contribution in [-0.4, -0.2) is 11.0 Å². The summed E-state index contributed by atoms with van der Waals surface area (Å²) in [6.07, 6.45) is 1.15. The Morgan fingerprint density at radius 3 is 2.69 bits per heavy atom. The number of hydrogen-bond donors (Lipinski definition) is 1. The van der Waals surface area contributed by atoms with E-state index in [1.54, 1.807) is 6.07 Å². The zero-order valence-electron chi connectivity index (χ0n) is 9.54. The molecule has 1 aromatic carbocycles. The molecule has 4 heteroatoms. The van der Waals surface area contributed by atoms with E-state index in [2.05, 4.69) is 13.8 Å². The van der Waals surface area contributed by atoms with E-state index in [1.165, 1.54) is 0 Å². The standard InChI is InChI=1S/C12H17Cl2NS/c1-3-8(2)16-7-11(15)9-5-4-6-10(13)12(9)14/h4-6,8,11H,3,7,15H2,1-2H3. The SMILES string of the molecule is CCC(C)SCC(N)c1cccc(Cl)c1Cl. The summed E-state index contributed by atoms with van der Waals surface area (Å²) in [5.74, 6) is 0.870. The summed E-state index contributed by atoms with van der Waals surface area (Å²) in [6, 6.07) is 5.56. The van der Waals surface area contributed by atoms with Gasteiger partial charge in [0.15, 0.2) is 0 Å². The van der Waals surface area contributed by atoms with Crippen LogP contribution in [0.4, 0.5) is 0 Å². The molecule has 2 unspecified atom stereocenters. The average molecular weight is 278 g/mol. The Labute approximate surface area is 112 Å². The number of benzene rings is 1. The molecule has 0 bridgehead atoms. The van der Waals surface area contributed by atoms with Crippen LogP contribution in [0.3, 0.4) is 0 Å². The Hall–Kier alpha value is 0.110. The van der Waals surface area contributed by atoms with Crippen LogP contribution in [0.2, 0.25) is 10.0 Å². The summed E-state index contributed by atoms with van der Waals surface area (Å²) in [5, 5.41) is 1.79. The topological polar surface area (TPSA) is 26.0 Å². The molecule has 1 rings (SSSR count). The molecule has 0 aliphatic carbocycles. The van der Waals surface area contributed by atoms with Gasteiger partial charge in [-0.25, -0.2) is 0 Å². The normalized spacial score (nSPS) is 14.8. The van der Waals surface area contributed by atoms with Crippen LogP contribution >= 0.6 is 35.0 Å². The predicted molar refractivity (Wildman–Crippen MR) is 75.6 cm³/mol. The first-order valence-corrected chi connectivity index (χ1v) is 7.17. The lowest BCUT2D eigenvalue weighted by atomic mass is 10.1. The molecule has 16 heavy (non-hydrogen) atoms. The van der Waals surface area contributed by atoms with E-state index in [0.717, 1.165) is 17.7 Å². The quantitative estimate of drug-likeness (QED) is 0.856. The van der Waals surface area contributed by atoms with Gasteiger partial charge in [-0.05, 0) is 18.1 Å². The van der Waals surface area contributed by atoms with Crippen LogP contribution in [0, 0.1) is 0 Å². The zero-order chi connectivity index (χ0) is 12.1. The van der Waals surface area contributed by atoms with Crippen molar-refractivity contribution in [2.24, 2.45) is 5.73 Å². The smallest absolute Gasteiger partial charge is 0.0640 e. The summed E-state index contributed by atoms with van der Waals surface area (Å²) in [6.45, 7) is 4.38. The van der Waals surface area contributed by atoms with Gasteiger partial charge >= 0.3 is 0 Å². The summed E-state index contributed by atoms with van der Waals surface area (Å²) >= 11 is 13.9. The maximum atomic E-state index is 6.12. The molecule has 0 saturated heterocycles. The molecule has 90 valence electrons. The van der Waals surface area contributed by atoms with Crippen molar-refractivity contribution >= 4 is 35.0 Å². The van der Waals surface area contributed by atoms with Gasteiger partial charge in [0.05, 0.1) is 10.0 Å². The monoisotopic (exact) mass is 277 g/mol. The molecule has 2 N–H and O–H groups in total. The molecule has 1 aromatic rings. The fraction of sp³-hybridized carbons (Fsp3) is 0.500. The van der Waals surface area contributed by atoms with E-state index >= 15 is 0 Å². The van der Waals surface area contributed by atoms with Crippen molar-refractivity contribution in [2.75, 3.05) is 5.75 Å². The molecule has 1 nitrogen and oxygen atoms in total. The van der Waals surface area contributed by atoms with Crippen molar-refractivity contribution in [3.8, 4) is 0 Å². The van der Waals surface area contributed by atoms with E-state index in [9.17, 15) is 0 Å². The largest absolute Gasteiger partial charge is 0.323 e. The Morgan fingerprint density at radius 1 is 1.38 bits per heavy atom. The maximum absolute atomic E-state index is 6.12. The van der Waals surface area contributed by atoms with Crippen molar-refractivity contribution < 1.29 is 0 Å². The Balaban J connectivity index is 2.66. The lowest BCUT2D eigenvalue weighted by molar-refractivity contribution is 0.821. The van der Waals surface area contributed by atoms with Crippen molar-refractivity contribution in [3.63, 3.8) is 0 Å². The van der Waals surface area contributed by atoms with E-state index in [1.807, 2.05) is 23.9 Å². The van der Waals surface area contributed by atoms with Crippen LogP contribution in [0.25, 0.3) is 0 Å². The third-order valence-corrected chi connectivity index (χ3v) is 4.80. The number of hydrogen-bond acceptors (Lipinski definition) is 2. The first kappa shape index (κ1) is 14.2. The van der Waals surface area contributed by atoms with E-state index < -0.39 is 0 Å².